The van der Waals surface area contributed by atoms with Crippen LogP contribution >= 0.6 is 0 Å². The first-order chi connectivity index (χ1) is 8.56. The van der Waals surface area contributed by atoms with Crippen LogP contribution in [0.4, 0.5) is 0 Å². The lowest BCUT2D eigenvalue weighted by atomic mass is 9.80. The molecule has 0 amide bonds. The van der Waals surface area contributed by atoms with E-state index in [-0.39, 0.29) is 6.10 Å². The third kappa shape index (κ3) is 2.47. The van der Waals surface area contributed by atoms with Gasteiger partial charge in [-0.25, -0.2) is 0 Å². The zero-order valence-corrected chi connectivity index (χ0v) is 11.0. The molecular formula is C16H19NO. The van der Waals surface area contributed by atoms with Crippen LogP contribution in [0.15, 0.2) is 42.5 Å². The molecule has 0 unspecified atom stereocenters. The van der Waals surface area contributed by atoms with Gasteiger partial charge in [-0.3, -0.25) is 0 Å². The molecule has 2 rings (SSSR count). The molecule has 1 fully saturated rings. The van der Waals surface area contributed by atoms with Crippen LogP contribution in [0, 0.1) is 17.2 Å². The first kappa shape index (κ1) is 12.9. The van der Waals surface area contributed by atoms with Crippen molar-refractivity contribution >= 4 is 0 Å². The van der Waals surface area contributed by atoms with Crippen molar-refractivity contribution in [2.75, 3.05) is 0 Å². The lowest BCUT2D eigenvalue weighted by Crippen LogP contribution is -2.37. The van der Waals surface area contributed by atoms with E-state index in [0.29, 0.717) is 5.92 Å². The maximum Gasteiger partial charge on any atom is 0.152 e. The lowest BCUT2D eigenvalue weighted by Gasteiger charge is -2.40. The predicted molar refractivity (Wildman–Crippen MR) is 71.8 cm³/mol. The Kier molecular flexibility index (Phi) is 3.54. The van der Waals surface area contributed by atoms with Crippen LogP contribution in [-0.4, -0.2) is 5.60 Å². The molecule has 0 aliphatic carbocycles. The molecule has 94 valence electrons. The zero-order valence-electron chi connectivity index (χ0n) is 11.0. The van der Waals surface area contributed by atoms with Crippen molar-refractivity contribution in [3.63, 3.8) is 0 Å². The van der Waals surface area contributed by atoms with Gasteiger partial charge in [0.15, 0.2) is 5.60 Å². The van der Waals surface area contributed by atoms with Gasteiger partial charge in [0, 0.05) is 5.92 Å². The SMILES string of the molecule is C=C(C)[C@H]1CC[C@@](C)(C#N)O[C@H]1c1ccccc1. The minimum absolute atomic E-state index is 0.0536. The average molecular weight is 241 g/mol. The van der Waals surface area contributed by atoms with Crippen molar-refractivity contribution in [1.29, 1.82) is 5.26 Å². The van der Waals surface area contributed by atoms with Crippen molar-refractivity contribution in [2.24, 2.45) is 5.92 Å². The summed E-state index contributed by atoms with van der Waals surface area (Å²) in [4.78, 5) is 0. The van der Waals surface area contributed by atoms with Gasteiger partial charge in [-0.05, 0) is 32.3 Å². The summed E-state index contributed by atoms with van der Waals surface area (Å²) in [5, 5.41) is 9.24. The Morgan fingerprint density at radius 3 is 2.67 bits per heavy atom. The van der Waals surface area contributed by atoms with Crippen LogP contribution in [-0.2, 0) is 4.74 Å². The minimum Gasteiger partial charge on any atom is -0.352 e. The fourth-order valence-corrected chi connectivity index (χ4v) is 2.53. The summed E-state index contributed by atoms with van der Waals surface area (Å²) in [6.45, 7) is 7.98. The van der Waals surface area contributed by atoms with Crippen LogP contribution in [0.3, 0.4) is 0 Å². The van der Waals surface area contributed by atoms with E-state index in [1.165, 1.54) is 0 Å². The first-order valence-electron chi connectivity index (χ1n) is 6.35. The van der Waals surface area contributed by atoms with Crippen molar-refractivity contribution in [3.8, 4) is 6.07 Å². The molecule has 1 aromatic rings. The van der Waals surface area contributed by atoms with E-state index >= 15 is 0 Å². The molecule has 2 heteroatoms. The van der Waals surface area contributed by atoms with Crippen LogP contribution in [0.25, 0.3) is 0 Å². The molecule has 2 nitrogen and oxygen atoms in total. The monoisotopic (exact) mass is 241 g/mol. The summed E-state index contributed by atoms with van der Waals surface area (Å²) in [6, 6.07) is 12.4. The van der Waals surface area contributed by atoms with E-state index in [1.54, 1.807) is 0 Å². The van der Waals surface area contributed by atoms with Crippen molar-refractivity contribution in [3.05, 3.63) is 48.0 Å². The van der Waals surface area contributed by atoms with Gasteiger partial charge in [0.05, 0.1) is 12.2 Å². The molecule has 18 heavy (non-hydrogen) atoms. The highest BCUT2D eigenvalue weighted by molar-refractivity contribution is 5.23. The standard InChI is InChI=1S/C16H19NO/c1-12(2)14-9-10-16(3,11-17)18-15(14)13-7-5-4-6-8-13/h4-8,14-15H,1,9-10H2,2-3H3/t14-,15+,16+/m1/s1. The van der Waals surface area contributed by atoms with Gasteiger partial charge in [0.1, 0.15) is 0 Å². The van der Waals surface area contributed by atoms with Gasteiger partial charge in [-0.2, -0.15) is 5.26 Å². The number of hydrogen-bond donors (Lipinski definition) is 0. The highest BCUT2D eigenvalue weighted by Gasteiger charge is 2.39. The second kappa shape index (κ2) is 4.96. The highest BCUT2D eigenvalue weighted by atomic mass is 16.5. The summed E-state index contributed by atoms with van der Waals surface area (Å²) in [7, 11) is 0. The third-order valence-electron chi connectivity index (χ3n) is 3.68. The maximum atomic E-state index is 9.24. The van der Waals surface area contributed by atoms with Crippen LogP contribution in [0.2, 0.25) is 0 Å². The molecule has 1 heterocycles. The Hall–Kier alpha value is -1.59. The Morgan fingerprint density at radius 1 is 1.44 bits per heavy atom. The van der Waals surface area contributed by atoms with Gasteiger partial charge in [0.25, 0.3) is 0 Å². The molecule has 1 aliphatic rings. The Bertz CT molecular complexity index is 474. The Morgan fingerprint density at radius 2 is 2.11 bits per heavy atom. The second-order valence-corrected chi connectivity index (χ2v) is 5.28. The quantitative estimate of drug-likeness (QED) is 0.733. The molecule has 1 saturated heterocycles. The number of nitriles is 1. The normalized spacial score (nSPS) is 31.6. The number of hydrogen-bond acceptors (Lipinski definition) is 2. The third-order valence-corrected chi connectivity index (χ3v) is 3.68. The topological polar surface area (TPSA) is 33.0 Å². The molecule has 0 N–H and O–H groups in total. The summed E-state index contributed by atoms with van der Waals surface area (Å²) in [6.07, 6.45) is 1.67. The molecule has 1 aromatic carbocycles. The number of nitrogens with zero attached hydrogens (tertiary/aromatic N) is 1. The summed E-state index contributed by atoms with van der Waals surface area (Å²) in [5.74, 6) is 0.300. The number of ether oxygens (including phenoxy) is 1. The molecule has 0 radical (unpaired) electrons. The molecule has 0 aromatic heterocycles. The molecule has 0 bridgehead atoms. The molecule has 3 atom stereocenters. The Labute approximate surface area is 109 Å². The highest BCUT2D eigenvalue weighted by Crippen LogP contribution is 2.43. The van der Waals surface area contributed by atoms with Crippen LogP contribution in [0.1, 0.15) is 38.4 Å². The Balaban J connectivity index is 2.32. The number of benzene rings is 1. The van der Waals surface area contributed by atoms with Crippen molar-refractivity contribution in [1.82, 2.24) is 0 Å². The number of rotatable bonds is 2. The van der Waals surface area contributed by atoms with E-state index in [0.717, 1.165) is 24.0 Å². The lowest BCUT2D eigenvalue weighted by molar-refractivity contribution is -0.108. The molecule has 1 aliphatic heterocycles. The summed E-state index contributed by atoms with van der Waals surface area (Å²) >= 11 is 0. The summed E-state index contributed by atoms with van der Waals surface area (Å²) in [5.41, 5.74) is 1.59. The summed E-state index contributed by atoms with van der Waals surface area (Å²) < 4.78 is 6.06. The van der Waals surface area contributed by atoms with E-state index in [4.69, 9.17) is 4.74 Å². The largest absolute Gasteiger partial charge is 0.352 e. The van der Waals surface area contributed by atoms with E-state index in [9.17, 15) is 5.26 Å². The van der Waals surface area contributed by atoms with Crippen LogP contribution in [0.5, 0.6) is 0 Å². The second-order valence-electron chi connectivity index (χ2n) is 5.28. The predicted octanol–water partition coefficient (Wildman–Crippen LogP) is 4.01. The fraction of sp³-hybridized carbons (Fsp3) is 0.438. The fourth-order valence-electron chi connectivity index (χ4n) is 2.53. The maximum absolute atomic E-state index is 9.24. The first-order valence-corrected chi connectivity index (χ1v) is 6.35. The van der Waals surface area contributed by atoms with Gasteiger partial charge in [0.2, 0.25) is 0 Å². The van der Waals surface area contributed by atoms with E-state index in [2.05, 4.69) is 24.8 Å². The minimum atomic E-state index is -0.674. The molecule has 0 spiro atoms. The van der Waals surface area contributed by atoms with Gasteiger partial charge >= 0.3 is 0 Å². The van der Waals surface area contributed by atoms with Gasteiger partial charge in [-0.15, -0.1) is 0 Å². The average Bonchev–Trinajstić information content (AvgIpc) is 2.39. The molecule has 0 saturated carbocycles. The zero-order chi connectivity index (χ0) is 13.2. The van der Waals surface area contributed by atoms with Gasteiger partial charge in [-0.1, -0.05) is 42.5 Å². The molecular weight excluding hydrogens is 222 g/mol. The van der Waals surface area contributed by atoms with Crippen LogP contribution < -0.4 is 0 Å². The van der Waals surface area contributed by atoms with Crippen molar-refractivity contribution < 1.29 is 4.74 Å². The van der Waals surface area contributed by atoms with E-state index < -0.39 is 5.60 Å². The van der Waals surface area contributed by atoms with Gasteiger partial charge < -0.3 is 4.74 Å². The van der Waals surface area contributed by atoms with Crippen molar-refractivity contribution in [2.45, 2.75) is 38.4 Å². The van der Waals surface area contributed by atoms with E-state index in [1.807, 2.05) is 32.0 Å². The smallest absolute Gasteiger partial charge is 0.152 e.